The van der Waals surface area contributed by atoms with E-state index in [-0.39, 0.29) is 0 Å². The van der Waals surface area contributed by atoms with Crippen molar-refractivity contribution in [1.82, 2.24) is 29.1 Å². The third-order valence-electron chi connectivity index (χ3n) is 8.04. The molecule has 0 aliphatic carbocycles. The van der Waals surface area contributed by atoms with Crippen molar-refractivity contribution in [2.75, 3.05) is 0 Å². The number of fused-ring (bicyclic) bond motifs is 7. The fourth-order valence-electron chi connectivity index (χ4n) is 6.25. The van der Waals surface area contributed by atoms with Gasteiger partial charge in [0.05, 0.1) is 22.1 Å². The molecular weight excluding hydrogens is 516 g/mol. The molecule has 42 heavy (non-hydrogen) atoms. The summed E-state index contributed by atoms with van der Waals surface area (Å²) in [4.78, 5) is 19.1. The monoisotopic (exact) mass is 538 g/mol. The Morgan fingerprint density at radius 1 is 0.429 bits per heavy atom. The number of aromatic nitrogens is 6. The molecule has 5 aromatic carbocycles. The average molecular weight is 539 g/mol. The van der Waals surface area contributed by atoms with E-state index in [2.05, 4.69) is 122 Å². The number of hydrogen-bond donors (Lipinski definition) is 0. The van der Waals surface area contributed by atoms with Crippen LogP contribution in [-0.2, 0) is 0 Å². The summed E-state index contributed by atoms with van der Waals surface area (Å²) in [6.45, 7) is 0. The molecule has 0 aliphatic heterocycles. The summed E-state index contributed by atoms with van der Waals surface area (Å²) in [5.41, 5.74) is 8.31. The zero-order valence-electron chi connectivity index (χ0n) is 22.4. The highest BCUT2D eigenvalue weighted by molar-refractivity contribution is 6.19. The van der Waals surface area contributed by atoms with Gasteiger partial charge in [0.25, 0.3) is 0 Å². The largest absolute Gasteiger partial charge is 0.309 e. The first-order valence-corrected chi connectivity index (χ1v) is 13.9. The van der Waals surface area contributed by atoms with Crippen LogP contribution in [-0.4, -0.2) is 29.1 Å². The molecule has 6 heteroatoms. The van der Waals surface area contributed by atoms with Gasteiger partial charge < -0.3 is 4.57 Å². The normalized spacial score (nSPS) is 11.8. The number of rotatable bonds is 3. The van der Waals surface area contributed by atoms with Crippen LogP contribution in [0.3, 0.4) is 0 Å². The van der Waals surface area contributed by atoms with E-state index in [4.69, 9.17) is 9.97 Å². The summed E-state index contributed by atoms with van der Waals surface area (Å²) < 4.78 is 4.59. The minimum atomic E-state index is 0.512. The van der Waals surface area contributed by atoms with Gasteiger partial charge in [-0.2, -0.15) is 0 Å². The van der Waals surface area contributed by atoms with Crippen molar-refractivity contribution in [1.29, 1.82) is 0 Å². The third-order valence-corrected chi connectivity index (χ3v) is 8.04. The molecule has 9 rings (SSSR count). The Kier molecular flexibility index (Phi) is 4.80. The molecule has 0 atom stereocenters. The summed E-state index contributed by atoms with van der Waals surface area (Å²) >= 11 is 0. The van der Waals surface area contributed by atoms with E-state index in [1.54, 1.807) is 12.4 Å². The molecule has 0 bridgehead atoms. The van der Waals surface area contributed by atoms with Crippen LogP contribution in [0.2, 0.25) is 0 Å². The van der Waals surface area contributed by atoms with Crippen molar-refractivity contribution in [2.24, 2.45) is 0 Å². The van der Waals surface area contributed by atoms with Crippen molar-refractivity contribution in [3.63, 3.8) is 0 Å². The topological polar surface area (TPSA) is 61.4 Å². The zero-order valence-corrected chi connectivity index (χ0v) is 22.4. The molecule has 0 spiro atoms. The van der Waals surface area contributed by atoms with E-state index in [0.29, 0.717) is 11.3 Å². The molecule has 4 aromatic heterocycles. The smallest absolute Gasteiger partial charge is 0.199 e. The van der Waals surface area contributed by atoms with Gasteiger partial charge in [0, 0.05) is 45.2 Å². The summed E-state index contributed by atoms with van der Waals surface area (Å²) in [5, 5.41) is 4.75. The van der Waals surface area contributed by atoms with Crippen molar-refractivity contribution < 1.29 is 0 Å². The van der Waals surface area contributed by atoms with Gasteiger partial charge in [0.2, 0.25) is 0 Å². The van der Waals surface area contributed by atoms with Crippen LogP contribution in [0.4, 0.5) is 0 Å². The maximum atomic E-state index is 5.12. The summed E-state index contributed by atoms with van der Waals surface area (Å²) in [6, 6.07) is 42.5. The molecule has 0 amide bonds. The highest BCUT2D eigenvalue weighted by Crippen LogP contribution is 2.40. The van der Waals surface area contributed by atoms with Crippen LogP contribution in [0.15, 0.2) is 134 Å². The van der Waals surface area contributed by atoms with Gasteiger partial charge in [0.15, 0.2) is 17.1 Å². The molecule has 196 valence electrons. The van der Waals surface area contributed by atoms with E-state index in [1.165, 1.54) is 16.3 Å². The number of benzene rings is 5. The Labute approximate surface area is 240 Å². The Bertz CT molecular complexity index is 2460. The Hall–Kier alpha value is -5.88. The Balaban J connectivity index is 1.47. The van der Waals surface area contributed by atoms with Gasteiger partial charge in [-0.3, -0.25) is 4.57 Å². The standard InChI is InChI=1S/C36H22N6/c1-3-11-23(12-4-1)33-36(40-35-34(39-33)37-19-20-38-35)42-30-18-10-8-16-26(30)28-21-27-25-15-7-9-17-29(25)41(31(27)22-32(28)42)24-13-5-2-6-14-24/h1-22H. The lowest BCUT2D eigenvalue weighted by molar-refractivity contribution is 1.05. The fourth-order valence-corrected chi connectivity index (χ4v) is 6.25. The van der Waals surface area contributed by atoms with Crippen LogP contribution in [0.1, 0.15) is 0 Å². The van der Waals surface area contributed by atoms with Gasteiger partial charge >= 0.3 is 0 Å². The molecule has 0 saturated heterocycles. The molecule has 0 unspecified atom stereocenters. The van der Waals surface area contributed by atoms with Gasteiger partial charge in [-0.15, -0.1) is 0 Å². The highest BCUT2D eigenvalue weighted by Gasteiger charge is 2.22. The Morgan fingerprint density at radius 2 is 0.976 bits per heavy atom. The second-order valence-electron chi connectivity index (χ2n) is 10.4. The predicted octanol–water partition coefficient (Wildman–Crippen LogP) is 8.28. The molecule has 4 heterocycles. The van der Waals surface area contributed by atoms with E-state index < -0.39 is 0 Å². The summed E-state index contributed by atoms with van der Waals surface area (Å²) in [5.74, 6) is 0.724. The first kappa shape index (κ1) is 22.9. The quantitative estimate of drug-likeness (QED) is 0.227. The van der Waals surface area contributed by atoms with Gasteiger partial charge in [-0.1, -0.05) is 84.9 Å². The lowest BCUT2D eigenvalue weighted by Gasteiger charge is -2.13. The molecule has 0 N–H and O–H groups in total. The second-order valence-corrected chi connectivity index (χ2v) is 10.4. The first-order chi connectivity index (χ1) is 20.8. The molecule has 0 radical (unpaired) electrons. The van der Waals surface area contributed by atoms with Gasteiger partial charge in [0.1, 0.15) is 5.69 Å². The van der Waals surface area contributed by atoms with Crippen molar-refractivity contribution in [3.8, 4) is 22.8 Å². The highest BCUT2D eigenvalue weighted by atomic mass is 15.1. The predicted molar refractivity (Wildman–Crippen MR) is 169 cm³/mol. The van der Waals surface area contributed by atoms with Crippen molar-refractivity contribution in [3.05, 3.63) is 134 Å². The molecule has 6 nitrogen and oxygen atoms in total. The van der Waals surface area contributed by atoms with Crippen molar-refractivity contribution >= 4 is 54.9 Å². The van der Waals surface area contributed by atoms with Crippen LogP contribution in [0, 0.1) is 0 Å². The molecule has 0 fully saturated rings. The first-order valence-electron chi connectivity index (χ1n) is 13.9. The van der Waals surface area contributed by atoms with Crippen LogP contribution >= 0.6 is 0 Å². The van der Waals surface area contributed by atoms with E-state index >= 15 is 0 Å². The van der Waals surface area contributed by atoms with E-state index in [9.17, 15) is 0 Å². The van der Waals surface area contributed by atoms with Gasteiger partial charge in [-0.05, 0) is 36.4 Å². The SMILES string of the molecule is c1ccc(-c2nc3nccnc3nc2-n2c3ccccc3c3cc4c5ccccc5n(-c5ccccc5)c4cc32)cc1. The fraction of sp³-hybridized carbons (Fsp3) is 0. The maximum absolute atomic E-state index is 5.12. The van der Waals surface area contributed by atoms with Crippen LogP contribution < -0.4 is 0 Å². The minimum absolute atomic E-state index is 0.512. The second kappa shape index (κ2) is 8.81. The van der Waals surface area contributed by atoms with Crippen LogP contribution in [0.25, 0.3) is 77.7 Å². The van der Waals surface area contributed by atoms with E-state index in [1.807, 2.05) is 18.2 Å². The maximum Gasteiger partial charge on any atom is 0.199 e. The third kappa shape index (κ3) is 3.26. The zero-order chi connectivity index (χ0) is 27.6. The molecule has 0 aliphatic rings. The lowest BCUT2D eigenvalue weighted by Crippen LogP contribution is -2.05. The average Bonchev–Trinajstić information content (AvgIpc) is 3.56. The molecular formula is C36H22N6. The van der Waals surface area contributed by atoms with Crippen LogP contribution in [0.5, 0.6) is 0 Å². The number of hydrogen-bond acceptors (Lipinski definition) is 4. The number of para-hydroxylation sites is 3. The van der Waals surface area contributed by atoms with Crippen molar-refractivity contribution in [2.45, 2.75) is 0 Å². The summed E-state index contributed by atoms with van der Waals surface area (Å²) in [7, 11) is 0. The van der Waals surface area contributed by atoms with E-state index in [0.717, 1.165) is 50.1 Å². The minimum Gasteiger partial charge on any atom is -0.309 e. The Morgan fingerprint density at radius 3 is 1.67 bits per heavy atom. The van der Waals surface area contributed by atoms with Gasteiger partial charge in [-0.25, -0.2) is 19.9 Å². The lowest BCUT2D eigenvalue weighted by atomic mass is 10.1. The molecule has 0 saturated carbocycles. The number of nitrogens with zero attached hydrogens (tertiary/aromatic N) is 6. The molecule has 9 aromatic rings. The summed E-state index contributed by atoms with van der Waals surface area (Å²) in [6.07, 6.45) is 3.32.